The number of hydrogen-bond acceptors (Lipinski definition) is 7. The molecule has 0 spiro atoms. The minimum atomic E-state index is -4.02. The van der Waals surface area contributed by atoms with E-state index in [2.05, 4.69) is 10.0 Å². The Balaban J connectivity index is 1.36. The average molecular weight is 496 g/mol. The zero-order chi connectivity index (χ0) is 24.4. The molecule has 2 N–H and O–H groups in total. The molecule has 0 bridgehead atoms. The Kier molecular flexibility index (Phi) is 5.91. The van der Waals surface area contributed by atoms with Gasteiger partial charge < -0.3 is 19.5 Å². The Morgan fingerprint density at radius 1 is 0.857 bits per heavy atom. The molecule has 10 nitrogen and oxygen atoms in total. The fourth-order valence-electron chi connectivity index (χ4n) is 3.74. The number of nitrogens with zero attached hydrogens (tertiary/aromatic N) is 1. The number of sulfonamides is 1. The smallest absolute Gasteiger partial charge is 0.414 e. The van der Waals surface area contributed by atoms with Crippen LogP contribution >= 0.6 is 0 Å². The lowest BCUT2D eigenvalue weighted by Crippen LogP contribution is -2.23. The fourth-order valence-corrected chi connectivity index (χ4v) is 4.84. The van der Waals surface area contributed by atoms with Crippen LogP contribution in [-0.4, -0.2) is 46.8 Å². The largest absolute Gasteiger partial charge is 0.486 e. The monoisotopic (exact) mass is 495 g/mol. The van der Waals surface area contributed by atoms with Crippen LogP contribution < -0.4 is 24.4 Å². The molecular formula is C24H21N3O7S. The molecule has 0 aliphatic carbocycles. The molecule has 3 aromatic rings. The van der Waals surface area contributed by atoms with Gasteiger partial charge in [0, 0.05) is 17.4 Å². The molecule has 11 heteroatoms. The molecule has 35 heavy (non-hydrogen) atoms. The number of benzene rings is 3. The minimum Gasteiger partial charge on any atom is -0.486 e. The Morgan fingerprint density at radius 3 is 2.46 bits per heavy atom. The SMILES string of the molecule is O=C(Nc1cccc(N2CCOC2=O)c1)c1ccccc1NS(=O)(=O)c1ccc2c(c1)OCCO2. The van der Waals surface area contributed by atoms with Crippen molar-refractivity contribution < 1.29 is 32.2 Å². The number of rotatable bonds is 6. The highest BCUT2D eigenvalue weighted by Crippen LogP contribution is 2.33. The van der Waals surface area contributed by atoms with Crippen molar-refractivity contribution in [3.05, 3.63) is 72.3 Å². The van der Waals surface area contributed by atoms with E-state index in [1.807, 2.05) is 0 Å². The Morgan fingerprint density at radius 2 is 1.66 bits per heavy atom. The third kappa shape index (κ3) is 4.71. The molecule has 0 saturated carbocycles. The minimum absolute atomic E-state index is 0.0258. The van der Waals surface area contributed by atoms with E-state index in [0.717, 1.165) is 0 Å². The van der Waals surface area contributed by atoms with Gasteiger partial charge in [-0.3, -0.25) is 14.4 Å². The van der Waals surface area contributed by atoms with E-state index < -0.39 is 22.0 Å². The molecule has 2 aliphatic heterocycles. The summed E-state index contributed by atoms with van der Waals surface area (Å²) in [6.45, 7) is 1.44. The molecule has 1 saturated heterocycles. The number of amides is 2. The summed E-state index contributed by atoms with van der Waals surface area (Å²) in [5, 5.41) is 2.75. The number of nitrogens with one attached hydrogen (secondary N) is 2. The number of hydrogen-bond donors (Lipinski definition) is 2. The summed E-state index contributed by atoms with van der Waals surface area (Å²) < 4.78 is 44.5. The lowest BCUT2D eigenvalue weighted by Gasteiger charge is -2.19. The van der Waals surface area contributed by atoms with Gasteiger partial charge in [-0.1, -0.05) is 18.2 Å². The number of anilines is 3. The first-order chi connectivity index (χ1) is 16.9. The molecule has 3 aromatic carbocycles. The van der Waals surface area contributed by atoms with Crippen molar-refractivity contribution in [2.45, 2.75) is 4.90 Å². The van der Waals surface area contributed by atoms with Gasteiger partial charge in [0.15, 0.2) is 11.5 Å². The lowest BCUT2D eigenvalue weighted by molar-refractivity contribution is 0.102. The second-order valence-corrected chi connectivity index (χ2v) is 9.41. The zero-order valence-corrected chi connectivity index (χ0v) is 19.2. The van der Waals surface area contributed by atoms with Crippen LogP contribution in [0.4, 0.5) is 21.9 Å². The summed E-state index contributed by atoms with van der Waals surface area (Å²) in [7, 11) is -4.02. The first kappa shape index (κ1) is 22.5. The number of carbonyl (C=O) groups is 2. The van der Waals surface area contributed by atoms with Crippen LogP contribution in [0.5, 0.6) is 11.5 Å². The highest BCUT2D eigenvalue weighted by molar-refractivity contribution is 7.92. The molecule has 2 aliphatic rings. The molecule has 1 fully saturated rings. The standard InChI is InChI=1S/C24H21N3O7S/c28-23(25-16-4-3-5-17(14-16)27-10-11-34-24(27)29)19-6-1-2-7-20(19)26-35(30,31)18-8-9-21-22(15-18)33-13-12-32-21/h1-9,14-15,26H,10-13H2,(H,25,28). The predicted molar refractivity (Wildman–Crippen MR) is 128 cm³/mol. The van der Waals surface area contributed by atoms with Gasteiger partial charge in [0.05, 0.1) is 22.7 Å². The molecule has 0 radical (unpaired) electrons. The van der Waals surface area contributed by atoms with Gasteiger partial charge in [-0.15, -0.1) is 0 Å². The zero-order valence-electron chi connectivity index (χ0n) is 18.4. The van der Waals surface area contributed by atoms with Crippen LogP contribution in [0.1, 0.15) is 10.4 Å². The fraction of sp³-hybridized carbons (Fsp3) is 0.167. The summed E-state index contributed by atoms with van der Waals surface area (Å²) in [6, 6.07) is 17.3. The second kappa shape index (κ2) is 9.18. The van der Waals surface area contributed by atoms with Crippen LogP contribution in [0.15, 0.2) is 71.6 Å². The molecule has 0 aromatic heterocycles. The molecule has 0 unspecified atom stereocenters. The van der Waals surface area contributed by atoms with Crippen molar-refractivity contribution in [1.29, 1.82) is 0 Å². The Labute approximate surface area is 201 Å². The van der Waals surface area contributed by atoms with E-state index >= 15 is 0 Å². The summed E-state index contributed by atoms with van der Waals surface area (Å²) >= 11 is 0. The van der Waals surface area contributed by atoms with E-state index in [9.17, 15) is 18.0 Å². The van der Waals surface area contributed by atoms with Gasteiger partial charge >= 0.3 is 6.09 Å². The van der Waals surface area contributed by atoms with Crippen LogP contribution in [-0.2, 0) is 14.8 Å². The van der Waals surface area contributed by atoms with Crippen molar-refractivity contribution in [2.24, 2.45) is 0 Å². The third-order valence-electron chi connectivity index (χ3n) is 5.42. The van der Waals surface area contributed by atoms with E-state index in [4.69, 9.17) is 14.2 Å². The first-order valence-corrected chi connectivity index (χ1v) is 12.3. The van der Waals surface area contributed by atoms with Gasteiger partial charge in [0.2, 0.25) is 0 Å². The summed E-state index contributed by atoms with van der Waals surface area (Å²) in [5.74, 6) is 0.290. The van der Waals surface area contributed by atoms with Gasteiger partial charge in [-0.05, 0) is 42.5 Å². The van der Waals surface area contributed by atoms with Crippen LogP contribution in [0.2, 0.25) is 0 Å². The maximum Gasteiger partial charge on any atom is 0.414 e. The molecule has 2 heterocycles. The molecule has 5 rings (SSSR count). The predicted octanol–water partition coefficient (Wildman–Crippen LogP) is 3.47. The number of ether oxygens (including phenoxy) is 3. The van der Waals surface area contributed by atoms with Crippen molar-refractivity contribution in [3.63, 3.8) is 0 Å². The van der Waals surface area contributed by atoms with E-state index in [-0.39, 0.29) is 16.1 Å². The number of cyclic esters (lactones) is 1. The third-order valence-corrected chi connectivity index (χ3v) is 6.78. The van der Waals surface area contributed by atoms with Crippen LogP contribution in [0.3, 0.4) is 0 Å². The van der Waals surface area contributed by atoms with Crippen molar-refractivity contribution in [2.75, 3.05) is 41.3 Å². The quantitative estimate of drug-likeness (QED) is 0.537. The average Bonchev–Trinajstić information content (AvgIpc) is 3.30. The maximum absolute atomic E-state index is 13.1. The Bertz CT molecular complexity index is 1410. The van der Waals surface area contributed by atoms with Crippen molar-refractivity contribution in [3.8, 4) is 11.5 Å². The van der Waals surface area contributed by atoms with Gasteiger partial charge in [0.25, 0.3) is 15.9 Å². The molecule has 180 valence electrons. The molecule has 2 amide bonds. The lowest BCUT2D eigenvalue weighted by atomic mass is 10.1. The maximum atomic E-state index is 13.1. The van der Waals surface area contributed by atoms with Crippen molar-refractivity contribution >= 4 is 39.1 Å². The number of carbonyl (C=O) groups excluding carboxylic acids is 2. The van der Waals surface area contributed by atoms with E-state index in [1.54, 1.807) is 36.4 Å². The topological polar surface area (TPSA) is 123 Å². The first-order valence-electron chi connectivity index (χ1n) is 10.8. The Hall–Kier alpha value is -4.25. The van der Waals surface area contributed by atoms with E-state index in [0.29, 0.717) is 49.2 Å². The van der Waals surface area contributed by atoms with Crippen LogP contribution in [0, 0.1) is 0 Å². The normalized spacial score (nSPS) is 14.9. The second-order valence-electron chi connectivity index (χ2n) is 7.73. The highest BCUT2D eigenvalue weighted by Gasteiger charge is 2.24. The van der Waals surface area contributed by atoms with Gasteiger partial charge in [-0.25, -0.2) is 13.2 Å². The van der Waals surface area contributed by atoms with Gasteiger partial charge in [0.1, 0.15) is 19.8 Å². The molecular weight excluding hydrogens is 474 g/mol. The summed E-state index contributed by atoms with van der Waals surface area (Å²) in [5.41, 5.74) is 1.26. The molecule has 0 atom stereocenters. The summed E-state index contributed by atoms with van der Waals surface area (Å²) in [4.78, 5) is 26.3. The summed E-state index contributed by atoms with van der Waals surface area (Å²) in [6.07, 6.45) is -0.452. The van der Waals surface area contributed by atoms with E-state index in [1.165, 1.54) is 35.2 Å². The highest BCUT2D eigenvalue weighted by atomic mass is 32.2. The van der Waals surface area contributed by atoms with Gasteiger partial charge in [-0.2, -0.15) is 0 Å². The van der Waals surface area contributed by atoms with Crippen molar-refractivity contribution in [1.82, 2.24) is 0 Å². The number of para-hydroxylation sites is 1. The number of fused-ring (bicyclic) bond motifs is 1. The van der Waals surface area contributed by atoms with Crippen LogP contribution in [0.25, 0.3) is 0 Å².